The van der Waals surface area contributed by atoms with Crippen LogP contribution in [0.4, 0.5) is 0 Å². The van der Waals surface area contributed by atoms with Crippen LogP contribution in [0, 0.1) is 0 Å². The van der Waals surface area contributed by atoms with E-state index in [1.165, 1.54) is 19.3 Å². The van der Waals surface area contributed by atoms with Crippen molar-refractivity contribution >= 4 is 10.8 Å². The molecule has 0 bridgehead atoms. The van der Waals surface area contributed by atoms with Crippen molar-refractivity contribution in [2.75, 3.05) is 11.5 Å². The number of unbranched alkanes of at least 4 members (excludes halogenated alkanes) is 3. The van der Waals surface area contributed by atoms with Crippen molar-refractivity contribution in [1.82, 2.24) is 0 Å². The third kappa shape index (κ3) is 10.0. The summed E-state index contributed by atoms with van der Waals surface area (Å²) in [5.74, 6) is 1.65. The number of hydrogen-bond donors (Lipinski definition) is 1. The highest BCUT2D eigenvalue weighted by atomic mass is 32.2. The van der Waals surface area contributed by atoms with Gasteiger partial charge in [0.15, 0.2) is 0 Å². The van der Waals surface area contributed by atoms with Gasteiger partial charge in [0.2, 0.25) is 0 Å². The average Bonchev–Trinajstić information content (AvgIpc) is 2.09. The lowest BCUT2D eigenvalue weighted by Gasteiger charge is -2.04. The quantitative estimate of drug-likeness (QED) is 0.616. The summed E-state index contributed by atoms with van der Waals surface area (Å²) in [7, 11) is -0.624. The highest BCUT2D eigenvalue weighted by molar-refractivity contribution is 7.84. The molecule has 2 atom stereocenters. The predicted octanol–water partition coefficient (Wildman–Crippen LogP) is 2.05. The first-order valence-corrected chi connectivity index (χ1v) is 6.76. The summed E-state index contributed by atoms with van der Waals surface area (Å²) in [6, 6.07) is 0.194. The van der Waals surface area contributed by atoms with Gasteiger partial charge in [-0.15, -0.1) is 0 Å². The Bertz CT molecular complexity index is 137. The van der Waals surface area contributed by atoms with E-state index in [9.17, 15) is 4.21 Å². The Hall–Kier alpha value is 0.110. The lowest BCUT2D eigenvalue weighted by molar-refractivity contribution is 0.656. The fraction of sp³-hybridized carbons (Fsp3) is 1.00. The third-order valence-corrected chi connectivity index (χ3v) is 3.46. The van der Waals surface area contributed by atoms with Crippen LogP contribution in [0.1, 0.15) is 46.0 Å². The van der Waals surface area contributed by atoms with Crippen LogP contribution < -0.4 is 5.73 Å². The first-order valence-electron chi connectivity index (χ1n) is 5.27. The van der Waals surface area contributed by atoms with Crippen molar-refractivity contribution in [1.29, 1.82) is 0 Å². The molecule has 0 aromatic heterocycles. The van der Waals surface area contributed by atoms with E-state index in [4.69, 9.17) is 5.73 Å². The maximum Gasteiger partial charge on any atom is 0.0249 e. The third-order valence-electron chi connectivity index (χ3n) is 2.03. The summed E-state index contributed by atoms with van der Waals surface area (Å²) >= 11 is 0. The van der Waals surface area contributed by atoms with E-state index in [-0.39, 0.29) is 6.04 Å². The van der Waals surface area contributed by atoms with Crippen LogP contribution in [-0.4, -0.2) is 21.8 Å². The highest BCUT2D eigenvalue weighted by Crippen LogP contribution is 2.01. The van der Waals surface area contributed by atoms with Crippen LogP contribution in [0.3, 0.4) is 0 Å². The molecule has 0 spiro atoms. The van der Waals surface area contributed by atoms with E-state index < -0.39 is 10.8 Å². The molecule has 0 aromatic carbocycles. The molecular formula is C10H23NOS. The fourth-order valence-corrected chi connectivity index (χ4v) is 2.47. The first-order chi connectivity index (χ1) is 6.16. The molecule has 2 nitrogen and oxygen atoms in total. The van der Waals surface area contributed by atoms with E-state index in [2.05, 4.69) is 6.92 Å². The van der Waals surface area contributed by atoms with Gasteiger partial charge in [0.25, 0.3) is 0 Å². The van der Waals surface area contributed by atoms with Gasteiger partial charge < -0.3 is 5.73 Å². The molecule has 0 saturated heterocycles. The zero-order valence-electron chi connectivity index (χ0n) is 8.92. The average molecular weight is 205 g/mol. The van der Waals surface area contributed by atoms with Gasteiger partial charge in [-0.05, 0) is 19.8 Å². The number of hydrogen-bond acceptors (Lipinski definition) is 2. The van der Waals surface area contributed by atoms with Crippen LogP contribution in [-0.2, 0) is 10.8 Å². The summed E-state index contributed by atoms with van der Waals surface area (Å²) in [6.45, 7) is 4.15. The van der Waals surface area contributed by atoms with Crippen molar-refractivity contribution in [3.8, 4) is 0 Å². The zero-order chi connectivity index (χ0) is 10.1. The molecule has 0 aliphatic carbocycles. The molecular weight excluding hydrogens is 182 g/mol. The van der Waals surface area contributed by atoms with E-state index in [0.29, 0.717) is 0 Å². The molecule has 0 fully saturated rings. The first kappa shape index (κ1) is 13.1. The van der Waals surface area contributed by atoms with Gasteiger partial charge in [-0.3, -0.25) is 4.21 Å². The Morgan fingerprint density at radius 2 is 1.92 bits per heavy atom. The normalized spacial score (nSPS) is 15.6. The molecule has 0 aliphatic rings. The second-order valence-corrected chi connectivity index (χ2v) is 5.37. The maximum atomic E-state index is 11.4. The van der Waals surface area contributed by atoms with Crippen LogP contribution in [0.5, 0.6) is 0 Å². The Morgan fingerprint density at radius 1 is 1.23 bits per heavy atom. The monoisotopic (exact) mass is 205 g/mol. The molecule has 0 amide bonds. The van der Waals surface area contributed by atoms with Gasteiger partial charge in [0.05, 0.1) is 0 Å². The van der Waals surface area contributed by atoms with Gasteiger partial charge in [0, 0.05) is 28.3 Å². The minimum Gasteiger partial charge on any atom is -0.328 e. The largest absolute Gasteiger partial charge is 0.328 e. The van der Waals surface area contributed by atoms with Crippen molar-refractivity contribution in [3.05, 3.63) is 0 Å². The Balaban J connectivity index is 3.20. The second-order valence-electron chi connectivity index (χ2n) is 3.67. The van der Waals surface area contributed by atoms with Crippen LogP contribution in [0.25, 0.3) is 0 Å². The van der Waals surface area contributed by atoms with E-state index >= 15 is 0 Å². The topological polar surface area (TPSA) is 43.1 Å². The van der Waals surface area contributed by atoms with Gasteiger partial charge in [-0.2, -0.15) is 0 Å². The minimum atomic E-state index is -0.624. The zero-order valence-corrected chi connectivity index (χ0v) is 9.74. The van der Waals surface area contributed by atoms with E-state index in [1.54, 1.807) is 0 Å². The maximum absolute atomic E-state index is 11.4. The molecule has 2 N–H and O–H groups in total. The molecule has 0 aliphatic heterocycles. The van der Waals surface area contributed by atoms with Crippen LogP contribution in [0.2, 0.25) is 0 Å². The predicted molar refractivity (Wildman–Crippen MR) is 60.3 cm³/mol. The van der Waals surface area contributed by atoms with E-state index in [0.717, 1.165) is 24.3 Å². The molecule has 0 saturated carbocycles. The highest BCUT2D eigenvalue weighted by Gasteiger charge is 2.01. The smallest absolute Gasteiger partial charge is 0.0249 e. The fourth-order valence-electron chi connectivity index (χ4n) is 1.11. The van der Waals surface area contributed by atoms with Crippen molar-refractivity contribution in [2.24, 2.45) is 5.73 Å². The molecule has 0 radical (unpaired) electrons. The lowest BCUT2D eigenvalue weighted by atomic mass is 10.2. The molecule has 3 heteroatoms. The number of rotatable bonds is 8. The summed E-state index contributed by atoms with van der Waals surface area (Å²) in [4.78, 5) is 0. The minimum absolute atomic E-state index is 0.194. The molecule has 80 valence electrons. The van der Waals surface area contributed by atoms with Crippen LogP contribution in [0.15, 0.2) is 0 Å². The summed E-state index contributed by atoms with van der Waals surface area (Å²) < 4.78 is 11.4. The van der Waals surface area contributed by atoms with Crippen LogP contribution >= 0.6 is 0 Å². The van der Waals surface area contributed by atoms with Crippen molar-refractivity contribution in [3.63, 3.8) is 0 Å². The molecule has 0 heterocycles. The molecule has 0 rings (SSSR count). The SMILES string of the molecule is CCCCCCS(=O)CCC(C)N. The Morgan fingerprint density at radius 3 is 2.46 bits per heavy atom. The summed E-state index contributed by atoms with van der Waals surface area (Å²) in [5.41, 5.74) is 5.58. The lowest BCUT2D eigenvalue weighted by Crippen LogP contribution is -2.18. The Kier molecular flexibility index (Phi) is 8.77. The van der Waals surface area contributed by atoms with Gasteiger partial charge in [-0.25, -0.2) is 0 Å². The summed E-state index contributed by atoms with van der Waals surface area (Å²) in [6.07, 6.45) is 5.73. The molecule has 2 unspecified atom stereocenters. The molecule has 13 heavy (non-hydrogen) atoms. The van der Waals surface area contributed by atoms with Crippen molar-refractivity contribution < 1.29 is 4.21 Å². The van der Waals surface area contributed by atoms with Gasteiger partial charge >= 0.3 is 0 Å². The molecule has 0 aromatic rings. The number of nitrogens with two attached hydrogens (primary N) is 1. The van der Waals surface area contributed by atoms with Gasteiger partial charge in [-0.1, -0.05) is 26.2 Å². The summed E-state index contributed by atoms with van der Waals surface area (Å²) in [5, 5.41) is 0. The Labute approximate surface area is 84.7 Å². The van der Waals surface area contributed by atoms with Crippen molar-refractivity contribution in [2.45, 2.75) is 52.0 Å². The van der Waals surface area contributed by atoms with E-state index in [1.807, 2.05) is 6.92 Å². The second kappa shape index (κ2) is 8.70. The van der Waals surface area contributed by atoms with Gasteiger partial charge in [0.1, 0.15) is 0 Å². The standard InChI is InChI=1S/C10H23NOS/c1-3-4-5-6-8-13(12)9-7-10(2)11/h10H,3-9,11H2,1-2H3.